The molecule has 25 heavy (non-hydrogen) atoms. The van der Waals surface area contributed by atoms with E-state index in [9.17, 15) is 5.11 Å². The molecule has 6 heteroatoms. The first-order valence-electron chi connectivity index (χ1n) is 8.43. The van der Waals surface area contributed by atoms with Crippen LogP contribution in [-0.4, -0.2) is 30.9 Å². The van der Waals surface area contributed by atoms with Crippen LogP contribution in [0.25, 0.3) is 0 Å². The van der Waals surface area contributed by atoms with Crippen molar-refractivity contribution >= 4 is 5.96 Å². The predicted molar refractivity (Wildman–Crippen MR) is 97.2 cm³/mol. The molecule has 1 aliphatic heterocycles. The molecule has 0 aliphatic carbocycles. The van der Waals surface area contributed by atoms with Crippen LogP contribution in [0.3, 0.4) is 0 Å². The van der Waals surface area contributed by atoms with Gasteiger partial charge in [-0.3, -0.25) is 0 Å². The fourth-order valence-corrected chi connectivity index (χ4v) is 2.54. The highest BCUT2D eigenvalue weighted by Gasteiger charge is 2.12. The number of hydrogen-bond donors (Lipinski definition) is 3. The van der Waals surface area contributed by atoms with Crippen molar-refractivity contribution in [3.8, 4) is 17.2 Å². The molecule has 0 aromatic heterocycles. The van der Waals surface area contributed by atoms with E-state index in [1.54, 1.807) is 12.1 Å². The van der Waals surface area contributed by atoms with Gasteiger partial charge < -0.3 is 25.2 Å². The SMILES string of the molecule is CCNC(=NCc1ccc(O)cc1)NCCc1ccc2c(c1)OCO2. The lowest BCUT2D eigenvalue weighted by molar-refractivity contribution is 0.174. The van der Waals surface area contributed by atoms with Crippen molar-refractivity contribution in [1.29, 1.82) is 0 Å². The monoisotopic (exact) mass is 341 g/mol. The minimum Gasteiger partial charge on any atom is -0.508 e. The second-order valence-electron chi connectivity index (χ2n) is 5.73. The van der Waals surface area contributed by atoms with Gasteiger partial charge in [0.2, 0.25) is 6.79 Å². The van der Waals surface area contributed by atoms with Gasteiger partial charge in [0.15, 0.2) is 17.5 Å². The Morgan fingerprint density at radius 1 is 1.04 bits per heavy atom. The molecule has 6 nitrogen and oxygen atoms in total. The smallest absolute Gasteiger partial charge is 0.231 e. The summed E-state index contributed by atoms with van der Waals surface area (Å²) >= 11 is 0. The largest absolute Gasteiger partial charge is 0.508 e. The molecule has 0 amide bonds. The second kappa shape index (κ2) is 8.28. The first kappa shape index (κ1) is 17.0. The molecule has 0 bridgehead atoms. The Kier molecular flexibility index (Phi) is 5.61. The van der Waals surface area contributed by atoms with Crippen molar-refractivity contribution < 1.29 is 14.6 Å². The summed E-state index contributed by atoms with van der Waals surface area (Å²) in [5.74, 6) is 2.66. The van der Waals surface area contributed by atoms with Crippen molar-refractivity contribution in [3.05, 3.63) is 53.6 Å². The van der Waals surface area contributed by atoms with Crippen LogP contribution in [0, 0.1) is 0 Å². The summed E-state index contributed by atoms with van der Waals surface area (Å²) in [4.78, 5) is 4.57. The van der Waals surface area contributed by atoms with E-state index in [1.807, 2.05) is 31.2 Å². The van der Waals surface area contributed by atoms with Crippen molar-refractivity contribution in [2.75, 3.05) is 19.9 Å². The van der Waals surface area contributed by atoms with Gasteiger partial charge in [-0.25, -0.2) is 4.99 Å². The van der Waals surface area contributed by atoms with Crippen molar-refractivity contribution in [2.45, 2.75) is 19.9 Å². The van der Waals surface area contributed by atoms with Crippen LogP contribution < -0.4 is 20.1 Å². The Balaban J connectivity index is 1.52. The summed E-state index contributed by atoms with van der Waals surface area (Å²) in [5.41, 5.74) is 2.23. The van der Waals surface area contributed by atoms with Gasteiger partial charge in [-0.15, -0.1) is 0 Å². The normalized spacial score (nSPS) is 12.9. The van der Waals surface area contributed by atoms with E-state index in [2.05, 4.69) is 21.7 Å². The van der Waals surface area contributed by atoms with Gasteiger partial charge in [0.1, 0.15) is 5.75 Å². The van der Waals surface area contributed by atoms with Crippen LogP contribution in [0.1, 0.15) is 18.1 Å². The summed E-state index contributed by atoms with van der Waals surface area (Å²) < 4.78 is 10.7. The van der Waals surface area contributed by atoms with Crippen molar-refractivity contribution in [3.63, 3.8) is 0 Å². The van der Waals surface area contributed by atoms with Gasteiger partial charge in [0, 0.05) is 13.1 Å². The zero-order valence-corrected chi connectivity index (χ0v) is 14.3. The molecular weight excluding hydrogens is 318 g/mol. The van der Waals surface area contributed by atoms with E-state index >= 15 is 0 Å². The minimum atomic E-state index is 0.265. The predicted octanol–water partition coefficient (Wildman–Crippen LogP) is 2.42. The summed E-state index contributed by atoms with van der Waals surface area (Å²) in [6.07, 6.45) is 0.861. The van der Waals surface area contributed by atoms with E-state index in [1.165, 1.54) is 5.56 Å². The van der Waals surface area contributed by atoms with Crippen molar-refractivity contribution in [1.82, 2.24) is 10.6 Å². The van der Waals surface area contributed by atoms with Gasteiger partial charge in [-0.2, -0.15) is 0 Å². The van der Waals surface area contributed by atoms with Crippen LogP contribution in [0.4, 0.5) is 0 Å². The lowest BCUT2D eigenvalue weighted by Gasteiger charge is -2.11. The highest BCUT2D eigenvalue weighted by molar-refractivity contribution is 5.79. The number of guanidine groups is 1. The number of ether oxygens (including phenoxy) is 2. The zero-order chi connectivity index (χ0) is 17.5. The molecule has 0 spiro atoms. The average Bonchev–Trinajstić information content (AvgIpc) is 3.09. The van der Waals surface area contributed by atoms with Gasteiger partial charge in [0.25, 0.3) is 0 Å². The summed E-state index contributed by atoms with van der Waals surface area (Å²) in [7, 11) is 0. The van der Waals surface area contributed by atoms with E-state index in [-0.39, 0.29) is 5.75 Å². The molecule has 1 heterocycles. The Morgan fingerprint density at radius 2 is 1.80 bits per heavy atom. The van der Waals surface area contributed by atoms with Crippen molar-refractivity contribution in [2.24, 2.45) is 4.99 Å². The van der Waals surface area contributed by atoms with E-state index < -0.39 is 0 Å². The molecule has 0 saturated heterocycles. The topological polar surface area (TPSA) is 75.1 Å². The average molecular weight is 341 g/mol. The lowest BCUT2D eigenvalue weighted by Crippen LogP contribution is -2.38. The first-order chi connectivity index (χ1) is 12.2. The highest BCUT2D eigenvalue weighted by atomic mass is 16.7. The molecule has 1 aliphatic rings. The summed E-state index contributed by atoms with van der Waals surface area (Å²) in [6.45, 7) is 4.45. The number of nitrogens with one attached hydrogen (secondary N) is 2. The Labute approximate surface area is 147 Å². The maximum atomic E-state index is 9.32. The van der Waals surface area contributed by atoms with Crippen LogP contribution in [-0.2, 0) is 13.0 Å². The molecule has 0 radical (unpaired) electrons. The molecular formula is C19H23N3O3. The fraction of sp³-hybridized carbons (Fsp3) is 0.316. The van der Waals surface area contributed by atoms with Crippen LogP contribution in [0.5, 0.6) is 17.2 Å². The summed E-state index contributed by atoms with van der Waals surface area (Å²) in [5, 5.41) is 15.9. The molecule has 132 valence electrons. The lowest BCUT2D eigenvalue weighted by atomic mass is 10.1. The standard InChI is InChI=1S/C19H23N3O3/c1-2-20-19(22-12-15-3-6-16(23)7-4-15)21-10-9-14-5-8-17-18(11-14)25-13-24-17/h3-8,11,23H,2,9-10,12-13H2,1H3,(H2,20,21,22). The fourth-order valence-electron chi connectivity index (χ4n) is 2.54. The first-order valence-corrected chi connectivity index (χ1v) is 8.43. The molecule has 3 rings (SSSR count). The quantitative estimate of drug-likeness (QED) is 0.556. The highest BCUT2D eigenvalue weighted by Crippen LogP contribution is 2.32. The van der Waals surface area contributed by atoms with Crippen LogP contribution in [0.15, 0.2) is 47.5 Å². The minimum absolute atomic E-state index is 0.265. The third-order valence-electron chi connectivity index (χ3n) is 3.84. The Morgan fingerprint density at radius 3 is 2.60 bits per heavy atom. The second-order valence-corrected chi connectivity index (χ2v) is 5.73. The van der Waals surface area contributed by atoms with E-state index in [4.69, 9.17) is 9.47 Å². The number of aromatic hydroxyl groups is 1. The van der Waals surface area contributed by atoms with E-state index in [0.717, 1.165) is 42.5 Å². The zero-order valence-electron chi connectivity index (χ0n) is 14.3. The van der Waals surface area contributed by atoms with E-state index in [0.29, 0.717) is 13.3 Å². The number of phenolic OH excluding ortho intramolecular Hbond substituents is 1. The van der Waals surface area contributed by atoms with Crippen LogP contribution in [0.2, 0.25) is 0 Å². The number of hydrogen-bond acceptors (Lipinski definition) is 4. The van der Waals surface area contributed by atoms with Gasteiger partial charge in [0.05, 0.1) is 6.54 Å². The number of aliphatic imine (C=N–C) groups is 1. The van der Waals surface area contributed by atoms with Gasteiger partial charge >= 0.3 is 0 Å². The Bertz CT molecular complexity index is 729. The molecule has 0 fully saturated rings. The maximum absolute atomic E-state index is 9.32. The number of fused-ring (bicyclic) bond motifs is 1. The Hall–Kier alpha value is -2.89. The van der Waals surface area contributed by atoms with Crippen LogP contribution >= 0.6 is 0 Å². The van der Waals surface area contributed by atoms with Gasteiger partial charge in [-0.1, -0.05) is 18.2 Å². The third-order valence-corrected chi connectivity index (χ3v) is 3.84. The number of nitrogens with zero attached hydrogens (tertiary/aromatic N) is 1. The molecule has 3 N–H and O–H groups in total. The number of rotatable bonds is 6. The summed E-state index contributed by atoms with van der Waals surface area (Å²) in [6, 6.07) is 13.1. The maximum Gasteiger partial charge on any atom is 0.231 e. The van der Waals surface area contributed by atoms with Gasteiger partial charge in [-0.05, 0) is 48.7 Å². The number of phenols is 1. The molecule has 2 aromatic rings. The molecule has 0 saturated carbocycles. The molecule has 2 aromatic carbocycles. The molecule has 0 atom stereocenters. The number of benzene rings is 2. The molecule has 0 unspecified atom stereocenters. The third kappa shape index (κ3) is 4.79.